The number of benzene rings is 3. The fourth-order valence-corrected chi connectivity index (χ4v) is 7.57. The van der Waals surface area contributed by atoms with Crippen molar-refractivity contribution in [3.8, 4) is 0 Å². The predicted molar refractivity (Wildman–Crippen MR) is 150 cm³/mol. The van der Waals surface area contributed by atoms with E-state index in [4.69, 9.17) is 23.2 Å². The number of nitrogens with zero attached hydrogens (tertiary/aromatic N) is 1. The Labute approximate surface area is 233 Å². The van der Waals surface area contributed by atoms with E-state index >= 15 is 0 Å². The Morgan fingerprint density at radius 2 is 1.53 bits per heavy atom. The second kappa shape index (κ2) is 11.6. The van der Waals surface area contributed by atoms with Crippen LogP contribution in [0.3, 0.4) is 0 Å². The molecule has 1 saturated heterocycles. The molecular formula is C26H27Cl2N3O5S2. The Morgan fingerprint density at radius 3 is 2.16 bits per heavy atom. The molecule has 0 saturated carbocycles. The number of amides is 1. The van der Waals surface area contributed by atoms with Crippen LogP contribution in [0.5, 0.6) is 0 Å². The van der Waals surface area contributed by atoms with Gasteiger partial charge in [0.25, 0.3) is 10.0 Å². The lowest BCUT2D eigenvalue weighted by Crippen LogP contribution is -2.44. The SMILES string of the molecule is Cc1ccc(NS(=O)(=O)c2ccc(NC(=O)C3CCCN(S(=O)(=O)Cc4c(Cl)cccc4Cl)C3)cc2)cc1. The average molecular weight is 597 g/mol. The number of hydrogen-bond donors (Lipinski definition) is 2. The highest BCUT2D eigenvalue weighted by Gasteiger charge is 2.33. The molecule has 1 heterocycles. The van der Waals surface area contributed by atoms with E-state index in [0.29, 0.717) is 36.3 Å². The van der Waals surface area contributed by atoms with Gasteiger partial charge in [-0.05, 0) is 68.3 Å². The molecule has 4 rings (SSSR count). The van der Waals surface area contributed by atoms with Gasteiger partial charge in [-0.25, -0.2) is 21.1 Å². The maximum Gasteiger partial charge on any atom is 0.261 e. The molecule has 2 N–H and O–H groups in total. The zero-order valence-electron chi connectivity index (χ0n) is 20.5. The minimum Gasteiger partial charge on any atom is -0.326 e. The minimum absolute atomic E-state index is 0.0309. The highest BCUT2D eigenvalue weighted by molar-refractivity contribution is 7.92. The highest BCUT2D eigenvalue weighted by Crippen LogP contribution is 2.29. The molecule has 0 radical (unpaired) electrons. The van der Waals surface area contributed by atoms with Gasteiger partial charge in [-0.15, -0.1) is 0 Å². The summed E-state index contributed by atoms with van der Waals surface area (Å²) in [7, 11) is -7.56. The lowest BCUT2D eigenvalue weighted by molar-refractivity contribution is -0.120. The first-order chi connectivity index (χ1) is 17.9. The molecule has 8 nitrogen and oxygen atoms in total. The summed E-state index contributed by atoms with van der Waals surface area (Å²) in [6.45, 7) is 2.24. The van der Waals surface area contributed by atoms with Gasteiger partial charge in [-0.3, -0.25) is 9.52 Å². The second-order valence-electron chi connectivity index (χ2n) is 9.14. The molecule has 38 heavy (non-hydrogen) atoms. The van der Waals surface area contributed by atoms with Gasteiger partial charge >= 0.3 is 0 Å². The number of hydrogen-bond acceptors (Lipinski definition) is 5. The van der Waals surface area contributed by atoms with Crippen molar-refractivity contribution in [3.05, 3.63) is 87.9 Å². The van der Waals surface area contributed by atoms with Crippen LogP contribution in [-0.2, 0) is 30.6 Å². The molecule has 202 valence electrons. The third-order valence-corrected chi connectivity index (χ3v) is 10.1. The molecule has 3 aromatic rings. The van der Waals surface area contributed by atoms with E-state index in [9.17, 15) is 21.6 Å². The Kier molecular flexibility index (Phi) is 8.68. The van der Waals surface area contributed by atoms with E-state index in [1.165, 1.54) is 28.6 Å². The zero-order valence-corrected chi connectivity index (χ0v) is 23.7. The van der Waals surface area contributed by atoms with E-state index in [1.54, 1.807) is 42.5 Å². The molecule has 1 unspecified atom stereocenters. The number of piperidine rings is 1. The molecule has 0 aromatic heterocycles. The van der Waals surface area contributed by atoms with Crippen LogP contribution in [-0.4, -0.2) is 40.1 Å². The van der Waals surface area contributed by atoms with E-state index in [2.05, 4.69) is 10.0 Å². The van der Waals surface area contributed by atoms with Crippen LogP contribution in [0.25, 0.3) is 0 Å². The van der Waals surface area contributed by atoms with Crippen molar-refractivity contribution in [1.82, 2.24) is 4.31 Å². The highest BCUT2D eigenvalue weighted by atomic mass is 35.5. The third kappa shape index (κ3) is 6.86. The molecule has 1 aliphatic heterocycles. The van der Waals surface area contributed by atoms with Crippen molar-refractivity contribution < 1.29 is 21.6 Å². The fraction of sp³-hybridized carbons (Fsp3) is 0.269. The molecule has 1 atom stereocenters. The van der Waals surface area contributed by atoms with Gasteiger partial charge in [0.2, 0.25) is 15.9 Å². The summed E-state index contributed by atoms with van der Waals surface area (Å²) >= 11 is 12.3. The van der Waals surface area contributed by atoms with Crippen molar-refractivity contribution in [1.29, 1.82) is 0 Å². The quantitative estimate of drug-likeness (QED) is 0.367. The number of aryl methyl sites for hydroxylation is 1. The Balaban J connectivity index is 1.39. The minimum atomic E-state index is -3.80. The van der Waals surface area contributed by atoms with Gasteiger partial charge in [0.1, 0.15) is 0 Å². The molecule has 1 aliphatic rings. The van der Waals surface area contributed by atoms with Gasteiger partial charge < -0.3 is 5.32 Å². The molecule has 1 amide bonds. The van der Waals surface area contributed by atoms with E-state index < -0.39 is 26.0 Å². The number of anilines is 2. The van der Waals surface area contributed by atoms with Crippen LogP contribution < -0.4 is 10.0 Å². The normalized spacial score (nSPS) is 16.7. The molecule has 0 spiro atoms. The number of rotatable bonds is 8. The van der Waals surface area contributed by atoms with Crippen LogP contribution in [0.15, 0.2) is 71.6 Å². The van der Waals surface area contributed by atoms with Crippen molar-refractivity contribution in [2.24, 2.45) is 5.92 Å². The lowest BCUT2D eigenvalue weighted by Gasteiger charge is -2.31. The number of carbonyl (C=O) groups excluding carboxylic acids is 1. The summed E-state index contributed by atoms with van der Waals surface area (Å²) in [5, 5.41) is 3.31. The van der Waals surface area contributed by atoms with Crippen LogP contribution in [0, 0.1) is 12.8 Å². The first-order valence-corrected chi connectivity index (χ1v) is 15.7. The Hall–Kier alpha value is -2.63. The topological polar surface area (TPSA) is 113 Å². The Bertz CT molecular complexity index is 1510. The van der Waals surface area contributed by atoms with Crippen LogP contribution in [0.4, 0.5) is 11.4 Å². The predicted octanol–water partition coefficient (Wildman–Crippen LogP) is 5.28. The molecule has 0 bridgehead atoms. The van der Waals surface area contributed by atoms with Crippen molar-refractivity contribution in [3.63, 3.8) is 0 Å². The first kappa shape index (κ1) is 28.4. The lowest BCUT2D eigenvalue weighted by atomic mass is 9.99. The number of nitrogens with one attached hydrogen (secondary N) is 2. The molecule has 3 aromatic carbocycles. The maximum atomic E-state index is 13.1. The van der Waals surface area contributed by atoms with E-state index in [0.717, 1.165) is 5.56 Å². The molecule has 12 heteroatoms. The van der Waals surface area contributed by atoms with E-state index in [-0.39, 0.29) is 33.1 Å². The van der Waals surface area contributed by atoms with Gasteiger partial charge in [-0.1, -0.05) is 47.0 Å². The van der Waals surface area contributed by atoms with Crippen molar-refractivity contribution in [2.75, 3.05) is 23.1 Å². The van der Waals surface area contributed by atoms with Crippen molar-refractivity contribution >= 4 is 60.5 Å². The van der Waals surface area contributed by atoms with Gasteiger partial charge in [0.05, 0.1) is 16.6 Å². The number of carbonyl (C=O) groups is 1. The smallest absolute Gasteiger partial charge is 0.261 e. The van der Waals surface area contributed by atoms with E-state index in [1.807, 2.05) is 6.92 Å². The number of sulfonamides is 2. The van der Waals surface area contributed by atoms with Crippen LogP contribution >= 0.6 is 23.2 Å². The zero-order chi connectivity index (χ0) is 27.5. The van der Waals surface area contributed by atoms with Gasteiger partial charge in [0.15, 0.2) is 0 Å². The summed E-state index contributed by atoms with van der Waals surface area (Å²) in [6.07, 6.45) is 1.05. The summed E-state index contributed by atoms with van der Waals surface area (Å²) in [5.41, 5.74) is 2.19. The van der Waals surface area contributed by atoms with Crippen molar-refractivity contribution in [2.45, 2.75) is 30.4 Å². The standard InChI is InChI=1S/C26H27Cl2N3O5S2/c1-18-7-9-21(10-8-18)30-38(35,36)22-13-11-20(12-14-22)29-26(32)19-4-3-15-31(16-19)37(33,34)17-23-24(27)5-2-6-25(23)28/h2,5-14,19,30H,3-4,15-17H2,1H3,(H,29,32). The second-order valence-corrected chi connectivity index (χ2v) is 13.6. The average Bonchev–Trinajstić information content (AvgIpc) is 2.88. The van der Waals surface area contributed by atoms with Gasteiger partial charge in [0, 0.05) is 40.1 Å². The summed E-state index contributed by atoms with van der Waals surface area (Å²) < 4.78 is 55.4. The number of halogens is 2. The summed E-state index contributed by atoms with van der Waals surface area (Å²) in [4.78, 5) is 13.0. The molecule has 0 aliphatic carbocycles. The van der Waals surface area contributed by atoms with Crippen LogP contribution in [0.1, 0.15) is 24.0 Å². The Morgan fingerprint density at radius 1 is 0.921 bits per heavy atom. The summed E-state index contributed by atoms with van der Waals surface area (Å²) in [5.74, 6) is -1.26. The van der Waals surface area contributed by atoms with Gasteiger partial charge in [-0.2, -0.15) is 0 Å². The first-order valence-electron chi connectivity index (χ1n) is 11.9. The largest absolute Gasteiger partial charge is 0.326 e. The monoisotopic (exact) mass is 595 g/mol. The maximum absolute atomic E-state index is 13.1. The third-order valence-electron chi connectivity index (χ3n) is 6.27. The van der Waals surface area contributed by atoms with Crippen LogP contribution in [0.2, 0.25) is 10.0 Å². The molecule has 1 fully saturated rings. The summed E-state index contributed by atoms with van der Waals surface area (Å²) in [6, 6.07) is 17.6. The molecular weight excluding hydrogens is 569 g/mol. The fourth-order valence-electron chi connectivity index (χ4n) is 4.15.